The number of pyridine rings is 1. The largest absolute Gasteiger partial charge is 0.366 e. The van der Waals surface area contributed by atoms with Crippen molar-refractivity contribution >= 4 is 17.8 Å². The van der Waals surface area contributed by atoms with Gasteiger partial charge in [-0.25, -0.2) is 10.5 Å². The molecule has 0 radical (unpaired) electrons. The molecule has 2 heterocycles. The van der Waals surface area contributed by atoms with E-state index in [1.165, 1.54) is 51.1 Å². The zero-order chi connectivity index (χ0) is 17.5. The normalized spacial score (nSPS) is 22.8. The molecule has 0 unspecified atom stereocenters. The first-order valence-corrected chi connectivity index (χ1v) is 9.33. The van der Waals surface area contributed by atoms with E-state index in [0.717, 1.165) is 30.4 Å². The lowest BCUT2D eigenvalue weighted by atomic mass is 10.1. The van der Waals surface area contributed by atoms with Crippen LogP contribution in [-0.2, 0) is 4.79 Å². The van der Waals surface area contributed by atoms with Gasteiger partial charge in [0.25, 0.3) is 5.91 Å². The fourth-order valence-electron chi connectivity index (χ4n) is 3.87. The molecule has 136 valence electrons. The van der Waals surface area contributed by atoms with E-state index in [9.17, 15) is 4.79 Å². The van der Waals surface area contributed by atoms with Crippen LogP contribution in [0.2, 0.25) is 0 Å². The highest BCUT2D eigenvalue weighted by Crippen LogP contribution is 2.26. The molecular weight excluding hydrogens is 316 g/mol. The quantitative estimate of drug-likeness (QED) is 0.331. The van der Waals surface area contributed by atoms with E-state index in [1.807, 2.05) is 12.1 Å². The number of likely N-dealkylation sites (tertiary alicyclic amines) is 1. The van der Waals surface area contributed by atoms with Crippen LogP contribution in [-0.4, -0.2) is 46.2 Å². The zero-order valence-electron chi connectivity index (χ0n) is 14.7. The molecule has 0 bridgehead atoms. The van der Waals surface area contributed by atoms with Gasteiger partial charge in [-0.05, 0) is 43.0 Å². The molecule has 3 rings (SSSR count). The maximum Gasteiger partial charge on any atom is 0.267 e. The molecule has 2 aliphatic rings. The Morgan fingerprint density at radius 1 is 1.20 bits per heavy atom. The average Bonchev–Trinajstić information content (AvgIpc) is 2.93. The number of aromatic nitrogens is 1. The summed E-state index contributed by atoms with van der Waals surface area (Å²) in [6.07, 6.45) is 14.0. The standard InChI is InChI=1S/C19H28N4O2/c24-19(22-25)10-8-15-7-9-18(20-13-15)21-16-11-12-23(14-16)17-5-3-1-2-4-6-17/h7-10,13,16-17,25H,1-6,11-12,14H2,(H,20,21)(H,22,24)/t16-/m1/s1. The molecule has 1 aliphatic carbocycles. The monoisotopic (exact) mass is 344 g/mol. The lowest BCUT2D eigenvalue weighted by Crippen LogP contribution is -2.35. The van der Waals surface area contributed by atoms with Crippen molar-refractivity contribution in [3.63, 3.8) is 0 Å². The highest BCUT2D eigenvalue weighted by atomic mass is 16.5. The van der Waals surface area contributed by atoms with Gasteiger partial charge < -0.3 is 5.32 Å². The van der Waals surface area contributed by atoms with E-state index in [-0.39, 0.29) is 0 Å². The fraction of sp³-hybridized carbons (Fsp3) is 0.579. The van der Waals surface area contributed by atoms with E-state index in [1.54, 1.807) is 17.8 Å². The van der Waals surface area contributed by atoms with Crippen LogP contribution >= 0.6 is 0 Å². The van der Waals surface area contributed by atoms with Gasteiger partial charge in [0.05, 0.1) is 0 Å². The molecule has 6 heteroatoms. The lowest BCUT2D eigenvalue weighted by molar-refractivity contribution is -0.124. The Hall–Kier alpha value is -1.92. The lowest BCUT2D eigenvalue weighted by Gasteiger charge is -2.26. The summed E-state index contributed by atoms with van der Waals surface area (Å²) in [6.45, 7) is 2.28. The number of carbonyl (C=O) groups is 1. The predicted octanol–water partition coefficient (Wildman–Crippen LogP) is 2.81. The summed E-state index contributed by atoms with van der Waals surface area (Å²) in [7, 11) is 0. The van der Waals surface area contributed by atoms with E-state index in [2.05, 4.69) is 15.2 Å². The molecule has 1 saturated heterocycles. The SMILES string of the molecule is O=C(C=Cc1ccc(N[C@@H]2CCN(C3CCCCCC3)C2)nc1)NO. The van der Waals surface area contributed by atoms with Crippen LogP contribution in [0.25, 0.3) is 6.08 Å². The van der Waals surface area contributed by atoms with Crippen LogP contribution in [0.4, 0.5) is 5.82 Å². The van der Waals surface area contributed by atoms with Crippen LogP contribution in [0.3, 0.4) is 0 Å². The molecule has 3 N–H and O–H groups in total. The molecule has 1 atom stereocenters. The fourth-order valence-corrected chi connectivity index (χ4v) is 3.87. The van der Waals surface area contributed by atoms with E-state index >= 15 is 0 Å². The molecule has 1 aromatic rings. The van der Waals surface area contributed by atoms with Crippen molar-refractivity contribution in [2.45, 2.75) is 57.0 Å². The molecule has 0 aromatic carbocycles. The second kappa shape index (κ2) is 8.97. The van der Waals surface area contributed by atoms with Crippen LogP contribution in [0, 0.1) is 0 Å². The first kappa shape index (κ1) is 17.9. The van der Waals surface area contributed by atoms with Gasteiger partial charge in [0.1, 0.15) is 5.82 Å². The van der Waals surface area contributed by atoms with Crippen molar-refractivity contribution in [2.75, 3.05) is 18.4 Å². The van der Waals surface area contributed by atoms with Gasteiger partial charge in [-0.1, -0.05) is 25.7 Å². The van der Waals surface area contributed by atoms with Crippen molar-refractivity contribution in [3.8, 4) is 0 Å². The highest BCUT2D eigenvalue weighted by molar-refractivity contribution is 5.90. The molecule has 1 aliphatic heterocycles. The second-order valence-corrected chi connectivity index (χ2v) is 7.06. The van der Waals surface area contributed by atoms with Gasteiger partial charge in [0.2, 0.25) is 0 Å². The number of amides is 1. The third-order valence-corrected chi connectivity index (χ3v) is 5.24. The summed E-state index contributed by atoms with van der Waals surface area (Å²) in [5.74, 6) is 0.322. The summed E-state index contributed by atoms with van der Waals surface area (Å²) in [5, 5.41) is 12.0. The first-order valence-electron chi connectivity index (χ1n) is 9.33. The summed E-state index contributed by atoms with van der Waals surface area (Å²) in [4.78, 5) is 18.1. The summed E-state index contributed by atoms with van der Waals surface area (Å²) >= 11 is 0. The van der Waals surface area contributed by atoms with E-state index in [0.29, 0.717) is 6.04 Å². The maximum atomic E-state index is 11.0. The van der Waals surface area contributed by atoms with Gasteiger partial charge in [0.15, 0.2) is 0 Å². The van der Waals surface area contributed by atoms with Crippen LogP contribution in [0.1, 0.15) is 50.5 Å². The number of nitrogens with one attached hydrogen (secondary N) is 2. The Balaban J connectivity index is 1.49. The molecule has 1 amide bonds. The highest BCUT2D eigenvalue weighted by Gasteiger charge is 2.28. The van der Waals surface area contributed by atoms with Crippen molar-refractivity contribution < 1.29 is 10.0 Å². The van der Waals surface area contributed by atoms with Crippen molar-refractivity contribution in [2.24, 2.45) is 0 Å². The van der Waals surface area contributed by atoms with E-state index in [4.69, 9.17) is 5.21 Å². The Labute approximate surface area is 149 Å². The number of carbonyl (C=O) groups excluding carboxylic acids is 1. The van der Waals surface area contributed by atoms with Crippen LogP contribution in [0.15, 0.2) is 24.4 Å². The second-order valence-electron chi connectivity index (χ2n) is 7.06. The predicted molar refractivity (Wildman–Crippen MR) is 98.3 cm³/mol. The van der Waals surface area contributed by atoms with Gasteiger partial charge in [-0.15, -0.1) is 0 Å². The Bertz CT molecular complexity index is 580. The van der Waals surface area contributed by atoms with Gasteiger partial charge in [-0.3, -0.25) is 14.9 Å². The van der Waals surface area contributed by atoms with Crippen molar-refractivity contribution in [3.05, 3.63) is 30.0 Å². The smallest absolute Gasteiger partial charge is 0.267 e. The van der Waals surface area contributed by atoms with Crippen LogP contribution in [0.5, 0.6) is 0 Å². The third-order valence-electron chi connectivity index (χ3n) is 5.24. The minimum atomic E-state index is -0.549. The van der Waals surface area contributed by atoms with Crippen LogP contribution < -0.4 is 10.8 Å². The van der Waals surface area contributed by atoms with Gasteiger partial charge in [-0.2, -0.15) is 0 Å². The minimum Gasteiger partial charge on any atom is -0.366 e. The minimum absolute atomic E-state index is 0.456. The summed E-state index contributed by atoms with van der Waals surface area (Å²) in [5.41, 5.74) is 2.39. The number of anilines is 1. The van der Waals surface area contributed by atoms with E-state index < -0.39 is 5.91 Å². The average molecular weight is 344 g/mol. The molecule has 1 saturated carbocycles. The van der Waals surface area contributed by atoms with Gasteiger partial charge in [0, 0.05) is 37.4 Å². The number of hydroxylamine groups is 1. The number of hydrogen-bond acceptors (Lipinski definition) is 5. The van der Waals surface area contributed by atoms with Crippen molar-refractivity contribution in [1.29, 1.82) is 0 Å². The van der Waals surface area contributed by atoms with Gasteiger partial charge >= 0.3 is 0 Å². The number of nitrogens with zero attached hydrogens (tertiary/aromatic N) is 2. The molecule has 0 spiro atoms. The Morgan fingerprint density at radius 2 is 2.00 bits per heavy atom. The van der Waals surface area contributed by atoms with Crippen molar-refractivity contribution in [1.82, 2.24) is 15.4 Å². The summed E-state index contributed by atoms with van der Waals surface area (Å²) < 4.78 is 0. The molecular formula is C19H28N4O2. The molecule has 6 nitrogen and oxygen atoms in total. The number of rotatable bonds is 5. The summed E-state index contributed by atoms with van der Waals surface area (Å²) in [6, 6.07) is 5.07. The zero-order valence-corrected chi connectivity index (χ0v) is 14.7. The molecule has 25 heavy (non-hydrogen) atoms. The molecule has 1 aromatic heterocycles. The first-order chi connectivity index (χ1) is 12.2. The molecule has 2 fully saturated rings. The number of hydrogen-bond donors (Lipinski definition) is 3. The third kappa shape index (κ3) is 5.28. The topological polar surface area (TPSA) is 77.5 Å². The Morgan fingerprint density at radius 3 is 2.68 bits per heavy atom. The Kier molecular flexibility index (Phi) is 6.42. The maximum absolute atomic E-state index is 11.0.